The Morgan fingerprint density at radius 2 is 2.00 bits per heavy atom. The van der Waals surface area contributed by atoms with Crippen molar-refractivity contribution in [3.63, 3.8) is 0 Å². The van der Waals surface area contributed by atoms with Crippen LogP contribution in [0.15, 0.2) is 11.3 Å². The summed E-state index contributed by atoms with van der Waals surface area (Å²) >= 11 is 0. The molecule has 1 N–H and O–H groups in total. The van der Waals surface area contributed by atoms with E-state index in [2.05, 4.69) is 13.8 Å². The topological polar surface area (TPSA) is 37.3 Å². The van der Waals surface area contributed by atoms with Gasteiger partial charge in [0.25, 0.3) is 0 Å². The second-order valence-corrected chi connectivity index (χ2v) is 4.53. The smallest absolute Gasteiger partial charge is 0.162 e. The van der Waals surface area contributed by atoms with Gasteiger partial charge in [-0.3, -0.25) is 4.79 Å². The second-order valence-electron chi connectivity index (χ2n) is 4.53. The lowest BCUT2D eigenvalue weighted by Gasteiger charge is -2.11. The molecule has 1 atom stereocenters. The zero-order valence-electron chi connectivity index (χ0n) is 9.88. The van der Waals surface area contributed by atoms with Crippen molar-refractivity contribution in [2.45, 2.75) is 58.8 Å². The first kappa shape index (κ1) is 12.3. The Labute approximate surface area is 92.4 Å². The number of hydrogen-bond acceptors (Lipinski definition) is 2. The molecule has 0 aromatic heterocycles. The molecule has 0 radical (unpaired) electrons. The minimum absolute atomic E-state index is 0.162. The summed E-state index contributed by atoms with van der Waals surface area (Å²) in [6.07, 6.45) is 7.02. The molecule has 0 heterocycles. The maximum Gasteiger partial charge on any atom is 0.162 e. The molecular weight excluding hydrogens is 188 g/mol. The van der Waals surface area contributed by atoms with E-state index in [4.69, 9.17) is 0 Å². The molecule has 15 heavy (non-hydrogen) atoms. The van der Waals surface area contributed by atoms with Gasteiger partial charge in [0.15, 0.2) is 5.78 Å². The predicted molar refractivity (Wildman–Crippen MR) is 61.8 cm³/mol. The molecule has 0 saturated heterocycles. The van der Waals surface area contributed by atoms with Gasteiger partial charge in [-0.25, -0.2) is 0 Å². The number of unbranched alkanes of at least 4 members (excludes halogenated alkanes) is 3. The fraction of sp³-hybridized carbons (Fsp3) is 0.769. The zero-order chi connectivity index (χ0) is 11.3. The third kappa shape index (κ3) is 3.37. The second kappa shape index (κ2) is 5.94. The molecule has 0 bridgehead atoms. The van der Waals surface area contributed by atoms with E-state index in [1.807, 2.05) is 0 Å². The average molecular weight is 210 g/mol. The molecule has 1 aliphatic carbocycles. The van der Waals surface area contributed by atoms with Crippen molar-refractivity contribution in [3.05, 3.63) is 11.3 Å². The highest BCUT2D eigenvalue weighted by atomic mass is 16.3. The molecule has 0 fully saturated rings. The van der Waals surface area contributed by atoms with Crippen LogP contribution in [-0.4, -0.2) is 10.9 Å². The maximum atomic E-state index is 11.5. The Bertz CT molecular complexity index is 253. The van der Waals surface area contributed by atoms with Crippen molar-refractivity contribution < 1.29 is 9.90 Å². The summed E-state index contributed by atoms with van der Waals surface area (Å²) in [6, 6.07) is 0. The molecular formula is C13H22O2. The zero-order valence-corrected chi connectivity index (χ0v) is 9.88. The lowest BCUT2D eigenvalue weighted by molar-refractivity contribution is -0.115. The van der Waals surface area contributed by atoms with Crippen LogP contribution in [0.4, 0.5) is 0 Å². The first-order valence-electron chi connectivity index (χ1n) is 6.12. The molecule has 0 amide bonds. The van der Waals surface area contributed by atoms with Crippen LogP contribution in [0, 0.1) is 5.92 Å². The van der Waals surface area contributed by atoms with Crippen LogP contribution in [0.25, 0.3) is 0 Å². The molecule has 0 aromatic rings. The van der Waals surface area contributed by atoms with E-state index in [1.54, 1.807) is 0 Å². The summed E-state index contributed by atoms with van der Waals surface area (Å²) < 4.78 is 0. The van der Waals surface area contributed by atoms with Gasteiger partial charge in [0, 0.05) is 18.4 Å². The van der Waals surface area contributed by atoms with Gasteiger partial charge >= 0.3 is 0 Å². The summed E-state index contributed by atoms with van der Waals surface area (Å²) in [5.41, 5.74) is 0.714. The van der Waals surface area contributed by atoms with Gasteiger partial charge in [-0.15, -0.1) is 0 Å². The molecule has 0 spiro atoms. The normalized spacial score (nSPS) is 18.7. The summed E-state index contributed by atoms with van der Waals surface area (Å²) in [7, 11) is 0. The van der Waals surface area contributed by atoms with Crippen LogP contribution in [-0.2, 0) is 4.79 Å². The molecule has 0 aliphatic heterocycles. The van der Waals surface area contributed by atoms with Gasteiger partial charge in [0.05, 0.1) is 5.76 Å². The SMILES string of the molecule is CCCCCCC(C)C1=C(O)CCC1=O. The van der Waals surface area contributed by atoms with Crippen LogP contribution in [0.5, 0.6) is 0 Å². The van der Waals surface area contributed by atoms with E-state index in [1.165, 1.54) is 25.7 Å². The molecule has 0 aromatic carbocycles. The quantitative estimate of drug-likeness (QED) is 0.678. The van der Waals surface area contributed by atoms with Crippen molar-refractivity contribution in [2.75, 3.05) is 0 Å². The molecule has 86 valence electrons. The van der Waals surface area contributed by atoms with Crippen LogP contribution >= 0.6 is 0 Å². The van der Waals surface area contributed by atoms with Crippen LogP contribution in [0.3, 0.4) is 0 Å². The predicted octanol–water partition coefficient (Wildman–Crippen LogP) is 3.77. The monoisotopic (exact) mass is 210 g/mol. The van der Waals surface area contributed by atoms with E-state index < -0.39 is 0 Å². The third-order valence-corrected chi connectivity index (χ3v) is 3.18. The van der Waals surface area contributed by atoms with Crippen molar-refractivity contribution in [3.8, 4) is 0 Å². The molecule has 2 nitrogen and oxygen atoms in total. The van der Waals surface area contributed by atoms with Gasteiger partial charge in [-0.1, -0.05) is 39.5 Å². The van der Waals surface area contributed by atoms with Crippen molar-refractivity contribution in [1.82, 2.24) is 0 Å². The molecule has 0 saturated carbocycles. The minimum atomic E-state index is 0.162. The lowest BCUT2D eigenvalue weighted by Crippen LogP contribution is -2.07. The van der Waals surface area contributed by atoms with E-state index in [-0.39, 0.29) is 11.7 Å². The molecule has 1 rings (SSSR count). The van der Waals surface area contributed by atoms with Crippen LogP contribution in [0.1, 0.15) is 58.8 Å². The molecule has 1 unspecified atom stereocenters. The Hall–Kier alpha value is -0.790. The highest BCUT2D eigenvalue weighted by Crippen LogP contribution is 2.29. The number of hydrogen-bond donors (Lipinski definition) is 1. The molecule has 1 aliphatic rings. The van der Waals surface area contributed by atoms with Gasteiger partial charge < -0.3 is 5.11 Å². The molecule has 2 heteroatoms. The summed E-state index contributed by atoms with van der Waals surface area (Å²) in [4.78, 5) is 11.5. The van der Waals surface area contributed by atoms with Crippen molar-refractivity contribution in [2.24, 2.45) is 5.92 Å². The first-order chi connectivity index (χ1) is 7.16. The number of rotatable bonds is 6. The van der Waals surface area contributed by atoms with Gasteiger partial charge in [-0.05, 0) is 12.3 Å². The fourth-order valence-electron chi connectivity index (χ4n) is 2.24. The van der Waals surface area contributed by atoms with Gasteiger partial charge in [0.2, 0.25) is 0 Å². The Morgan fingerprint density at radius 1 is 1.27 bits per heavy atom. The minimum Gasteiger partial charge on any atom is -0.512 e. The lowest BCUT2D eigenvalue weighted by atomic mass is 9.93. The standard InChI is InChI=1S/C13H22O2/c1-3-4-5-6-7-10(2)13-11(14)8-9-12(13)15/h10,14H,3-9H2,1-2H3. The van der Waals surface area contributed by atoms with Crippen molar-refractivity contribution in [1.29, 1.82) is 0 Å². The highest BCUT2D eigenvalue weighted by molar-refractivity contribution is 5.98. The van der Waals surface area contributed by atoms with Gasteiger partial charge in [0.1, 0.15) is 0 Å². The largest absolute Gasteiger partial charge is 0.512 e. The first-order valence-corrected chi connectivity index (χ1v) is 6.12. The van der Waals surface area contributed by atoms with Gasteiger partial charge in [-0.2, -0.15) is 0 Å². The van der Waals surface area contributed by atoms with E-state index >= 15 is 0 Å². The highest BCUT2D eigenvalue weighted by Gasteiger charge is 2.26. The maximum absolute atomic E-state index is 11.5. The number of aliphatic hydroxyl groups excluding tert-OH is 1. The number of carbonyl (C=O) groups is 1. The van der Waals surface area contributed by atoms with E-state index in [9.17, 15) is 9.90 Å². The van der Waals surface area contributed by atoms with Crippen LogP contribution < -0.4 is 0 Å². The van der Waals surface area contributed by atoms with Crippen LogP contribution in [0.2, 0.25) is 0 Å². The number of aliphatic hydroxyl groups is 1. The summed E-state index contributed by atoms with van der Waals surface area (Å²) in [5.74, 6) is 0.760. The third-order valence-electron chi connectivity index (χ3n) is 3.18. The average Bonchev–Trinajstić information content (AvgIpc) is 2.53. The number of carbonyl (C=O) groups excluding carboxylic acids is 1. The van der Waals surface area contributed by atoms with E-state index in [0.29, 0.717) is 24.2 Å². The van der Waals surface area contributed by atoms with E-state index in [0.717, 1.165) is 6.42 Å². The number of ketones is 1. The number of Topliss-reactive ketones (excluding diaryl/α,β-unsaturated/α-hetero) is 1. The number of allylic oxidation sites excluding steroid dienone is 2. The summed E-state index contributed by atoms with van der Waals surface area (Å²) in [5, 5.41) is 9.59. The Morgan fingerprint density at radius 3 is 2.53 bits per heavy atom. The Balaban J connectivity index is 2.36. The summed E-state index contributed by atoms with van der Waals surface area (Å²) in [6.45, 7) is 4.25. The fourth-order valence-corrected chi connectivity index (χ4v) is 2.24. The Kier molecular flexibility index (Phi) is 4.86. The van der Waals surface area contributed by atoms with Crippen molar-refractivity contribution >= 4 is 5.78 Å².